The van der Waals surface area contributed by atoms with Crippen LogP contribution in [0, 0.1) is 12.8 Å². The van der Waals surface area contributed by atoms with Crippen LogP contribution in [-0.4, -0.2) is 25.0 Å². The minimum atomic E-state index is -0.491. The van der Waals surface area contributed by atoms with Crippen molar-refractivity contribution >= 4 is 17.6 Å². The van der Waals surface area contributed by atoms with Crippen LogP contribution in [0.5, 0.6) is 0 Å². The molecule has 1 aromatic rings. The van der Waals surface area contributed by atoms with Gasteiger partial charge in [-0.05, 0) is 19.1 Å². The first kappa shape index (κ1) is 11.6. The highest BCUT2D eigenvalue weighted by molar-refractivity contribution is 6.10. The van der Waals surface area contributed by atoms with Gasteiger partial charge in [0.2, 0.25) is 5.91 Å². The van der Waals surface area contributed by atoms with Crippen LogP contribution in [0.15, 0.2) is 24.3 Å². The summed E-state index contributed by atoms with van der Waals surface area (Å²) in [5, 5.41) is 0. The van der Waals surface area contributed by atoms with Crippen LogP contribution in [0.25, 0.3) is 0 Å². The SMILES string of the molecule is COC(=O)[C@@H]1[C@H](C)C(=O)N1c1ccc(C)cc1. The number of β-lactam (4-membered cyclic amide) rings is 1. The first-order valence-corrected chi connectivity index (χ1v) is 5.54. The topological polar surface area (TPSA) is 46.6 Å². The summed E-state index contributed by atoms with van der Waals surface area (Å²) in [6, 6.07) is 7.03. The summed E-state index contributed by atoms with van der Waals surface area (Å²) in [4.78, 5) is 24.9. The summed E-state index contributed by atoms with van der Waals surface area (Å²) in [7, 11) is 1.34. The van der Waals surface area contributed by atoms with Gasteiger partial charge in [0.15, 0.2) is 0 Å². The first-order valence-electron chi connectivity index (χ1n) is 5.54. The third-order valence-corrected chi connectivity index (χ3v) is 3.13. The number of hydrogen-bond acceptors (Lipinski definition) is 3. The van der Waals surface area contributed by atoms with Gasteiger partial charge in [-0.2, -0.15) is 0 Å². The van der Waals surface area contributed by atoms with E-state index in [-0.39, 0.29) is 17.8 Å². The van der Waals surface area contributed by atoms with Crippen molar-refractivity contribution in [1.82, 2.24) is 0 Å². The normalized spacial score (nSPS) is 23.2. The number of hydrogen-bond donors (Lipinski definition) is 0. The first-order chi connectivity index (χ1) is 8.06. The molecule has 2 rings (SSSR count). The Morgan fingerprint density at radius 2 is 1.88 bits per heavy atom. The van der Waals surface area contributed by atoms with Crippen molar-refractivity contribution in [2.45, 2.75) is 19.9 Å². The van der Waals surface area contributed by atoms with E-state index < -0.39 is 6.04 Å². The van der Waals surface area contributed by atoms with Crippen LogP contribution < -0.4 is 4.90 Å². The third kappa shape index (κ3) is 1.79. The van der Waals surface area contributed by atoms with Gasteiger partial charge in [0.25, 0.3) is 0 Å². The van der Waals surface area contributed by atoms with Gasteiger partial charge in [0.1, 0.15) is 6.04 Å². The lowest BCUT2D eigenvalue weighted by Crippen LogP contribution is -2.64. The quantitative estimate of drug-likeness (QED) is 0.574. The molecule has 2 atom stereocenters. The Bertz CT molecular complexity index is 452. The zero-order valence-corrected chi connectivity index (χ0v) is 10.1. The highest BCUT2D eigenvalue weighted by atomic mass is 16.5. The van der Waals surface area contributed by atoms with E-state index in [2.05, 4.69) is 0 Å². The lowest BCUT2D eigenvalue weighted by Gasteiger charge is -2.43. The van der Waals surface area contributed by atoms with Gasteiger partial charge < -0.3 is 4.74 Å². The van der Waals surface area contributed by atoms with Crippen molar-refractivity contribution < 1.29 is 14.3 Å². The van der Waals surface area contributed by atoms with E-state index in [1.54, 1.807) is 6.92 Å². The molecule has 1 aliphatic rings. The minimum absolute atomic E-state index is 0.0377. The number of amides is 1. The van der Waals surface area contributed by atoms with E-state index in [4.69, 9.17) is 4.74 Å². The average Bonchev–Trinajstić information content (AvgIpc) is 2.35. The van der Waals surface area contributed by atoms with E-state index in [1.165, 1.54) is 12.0 Å². The van der Waals surface area contributed by atoms with Crippen LogP contribution >= 0.6 is 0 Å². The number of carbonyl (C=O) groups is 2. The molecule has 0 N–H and O–H groups in total. The predicted molar refractivity (Wildman–Crippen MR) is 63.6 cm³/mol. The van der Waals surface area contributed by atoms with Crippen molar-refractivity contribution in [2.24, 2.45) is 5.92 Å². The van der Waals surface area contributed by atoms with Crippen molar-refractivity contribution in [1.29, 1.82) is 0 Å². The Morgan fingerprint density at radius 3 is 2.41 bits per heavy atom. The molecule has 1 aliphatic heterocycles. The number of carbonyl (C=O) groups excluding carboxylic acids is 2. The molecule has 0 bridgehead atoms. The molecule has 0 aromatic heterocycles. The van der Waals surface area contributed by atoms with Gasteiger partial charge in [0, 0.05) is 5.69 Å². The lowest BCUT2D eigenvalue weighted by atomic mass is 9.88. The molecule has 4 nitrogen and oxygen atoms in total. The molecule has 0 spiro atoms. The molecule has 4 heteroatoms. The third-order valence-electron chi connectivity index (χ3n) is 3.13. The minimum Gasteiger partial charge on any atom is -0.467 e. The van der Waals surface area contributed by atoms with Crippen LogP contribution in [0.2, 0.25) is 0 Å². The van der Waals surface area contributed by atoms with Crippen LogP contribution in [0.4, 0.5) is 5.69 Å². The van der Waals surface area contributed by atoms with Gasteiger partial charge in [-0.1, -0.05) is 24.6 Å². The second-order valence-electron chi connectivity index (χ2n) is 4.30. The molecule has 1 fully saturated rings. The molecule has 1 heterocycles. The summed E-state index contributed by atoms with van der Waals surface area (Å²) in [5.74, 6) is -0.703. The number of anilines is 1. The Balaban J connectivity index is 2.28. The van der Waals surface area contributed by atoms with Crippen LogP contribution in [-0.2, 0) is 14.3 Å². The van der Waals surface area contributed by atoms with Gasteiger partial charge >= 0.3 is 5.97 Å². The fourth-order valence-electron chi connectivity index (χ4n) is 2.06. The molecular formula is C13H15NO3. The van der Waals surface area contributed by atoms with E-state index in [0.717, 1.165) is 11.3 Å². The number of rotatable bonds is 2. The van der Waals surface area contributed by atoms with Gasteiger partial charge in [-0.3, -0.25) is 9.69 Å². The number of nitrogens with zero attached hydrogens (tertiary/aromatic N) is 1. The second-order valence-corrected chi connectivity index (χ2v) is 4.30. The maximum atomic E-state index is 11.8. The fraction of sp³-hybridized carbons (Fsp3) is 0.385. The van der Waals surface area contributed by atoms with E-state index in [0.29, 0.717) is 0 Å². The average molecular weight is 233 g/mol. The zero-order chi connectivity index (χ0) is 12.6. The molecule has 17 heavy (non-hydrogen) atoms. The molecule has 1 amide bonds. The number of ether oxygens (including phenoxy) is 1. The van der Waals surface area contributed by atoms with E-state index in [9.17, 15) is 9.59 Å². The van der Waals surface area contributed by atoms with Gasteiger partial charge in [0.05, 0.1) is 13.0 Å². The molecule has 0 aliphatic carbocycles. The highest BCUT2D eigenvalue weighted by Gasteiger charge is 2.50. The van der Waals surface area contributed by atoms with E-state index >= 15 is 0 Å². The monoisotopic (exact) mass is 233 g/mol. The smallest absolute Gasteiger partial charge is 0.329 e. The van der Waals surface area contributed by atoms with Crippen molar-refractivity contribution in [2.75, 3.05) is 12.0 Å². The van der Waals surface area contributed by atoms with Crippen LogP contribution in [0.1, 0.15) is 12.5 Å². The Labute approximate surface area is 100 Å². The summed E-state index contributed by atoms with van der Waals surface area (Å²) in [6.45, 7) is 3.72. The second kappa shape index (κ2) is 4.20. The highest BCUT2D eigenvalue weighted by Crippen LogP contribution is 2.33. The van der Waals surface area contributed by atoms with Crippen molar-refractivity contribution in [3.63, 3.8) is 0 Å². The Kier molecular flexibility index (Phi) is 2.88. The summed E-state index contributed by atoms with van der Waals surface area (Å²) in [6.07, 6.45) is 0. The number of benzene rings is 1. The standard InChI is InChI=1S/C13H15NO3/c1-8-4-6-10(7-5-8)14-11(13(16)17-3)9(2)12(14)15/h4-7,9,11H,1-3H3/t9-,11-/m0/s1. The summed E-state index contributed by atoms with van der Waals surface area (Å²) in [5.41, 5.74) is 1.86. The maximum absolute atomic E-state index is 11.8. The zero-order valence-electron chi connectivity index (χ0n) is 10.1. The largest absolute Gasteiger partial charge is 0.467 e. The molecule has 1 aromatic carbocycles. The van der Waals surface area contributed by atoms with Crippen molar-refractivity contribution in [3.8, 4) is 0 Å². The predicted octanol–water partition coefficient (Wildman–Crippen LogP) is 1.52. The van der Waals surface area contributed by atoms with Gasteiger partial charge in [-0.15, -0.1) is 0 Å². The molecule has 1 saturated heterocycles. The van der Waals surface area contributed by atoms with Gasteiger partial charge in [-0.25, -0.2) is 4.79 Å². The van der Waals surface area contributed by atoms with Crippen LogP contribution in [0.3, 0.4) is 0 Å². The lowest BCUT2D eigenvalue weighted by molar-refractivity contribution is -0.151. The molecular weight excluding hydrogens is 218 g/mol. The van der Waals surface area contributed by atoms with E-state index in [1.807, 2.05) is 31.2 Å². The van der Waals surface area contributed by atoms with Crippen molar-refractivity contribution in [3.05, 3.63) is 29.8 Å². The molecule has 0 radical (unpaired) electrons. The Morgan fingerprint density at radius 1 is 1.29 bits per heavy atom. The number of aryl methyl sites for hydroxylation is 1. The maximum Gasteiger partial charge on any atom is 0.329 e. The molecule has 90 valence electrons. The Hall–Kier alpha value is -1.84. The number of methoxy groups -OCH3 is 1. The fourth-order valence-corrected chi connectivity index (χ4v) is 2.06. The molecule has 0 unspecified atom stereocenters. The summed E-state index contributed by atoms with van der Waals surface area (Å²) < 4.78 is 4.72. The molecule has 0 saturated carbocycles. The summed E-state index contributed by atoms with van der Waals surface area (Å²) >= 11 is 0. The number of esters is 1.